The minimum Gasteiger partial charge on any atom is -0.475 e. The Morgan fingerprint density at radius 2 is 1.94 bits per heavy atom. The van der Waals surface area contributed by atoms with Gasteiger partial charge in [0.15, 0.2) is 5.82 Å². The van der Waals surface area contributed by atoms with E-state index in [9.17, 15) is 9.18 Å². The molecule has 3 fully saturated rings. The predicted octanol–water partition coefficient (Wildman–Crippen LogP) is 4.30. The van der Waals surface area contributed by atoms with Crippen molar-refractivity contribution in [3.05, 3.63) is 71.9 Å². The van der Waals surface area contributed by atoms with Crippen molar-refractivity contribution in [1.29, 1.82) is 0 Å². The minimum atomic E-state index is -0.406. The van der Waals surface area contributed by atoms with Crippen molar-refractivity contribution in [1.82, 2.24) is 19.9 Å². The lowest BCUT2D eigenvalue weighted by molar-refractivity contribution is -0.0674. The molecule has 1 aromatic carbocycles. The van der Waals surface area contributed by atoms with Gasteiger partial charge >= 0.3 is 0 Å². The molecule has 3 aromatic rings. The molecule has 164 valence electrons. The molecule has 4 heterocycles. The number of halogens is 1. The zero-order chi connectivity index (χ0) is 22.2. The summed E-state index contributed by atoms with van der Waals surface area (Å²) in [4.78, 5) is 28.7. The standard InChI is InChI=1S/C25H25FN4O2/c1-15-4-6-20(24-27-8-3-9-28-24)21(10-15)25(31)30-19-11-17(12-19)16(2)22(30)14-32-23-7-5-18(26)13-29-23/h3-10,13,16-17,19,22H,11-12,14H2,1-2H3/t16-,17?,19?,22-/m1/s1. The molecule has 2 atom stereocenters. The Kier molecular flexibility index (Phi) is 5.33. The average Bonchev–Trinajstić information content (AvgIpc) is 2.78. The fraction of sp³-hybridized carbons (Fsp3) is 0.360. The van der Waals surface area contributed by atoms with E-state index in [2.05, 4.69) is 21.9 Å². The van der Waals surface area contributed by atoms with E-state index in [-0.39, 0.29) is 18.0 Å². The number of carbonyl (C=O) groups excluding carboxylic acids is 1. The fourth-order valence-electron chi connectivity index (χ4n) is 4.90. The second kappa shape index (κ2) is 8.30. The van der Waals surface area contributed by atoms with Crippen LogP contribution < -0.4 is 4.74 Å². The highest BCUT2D eigenvalue weighted by Crippen LogP contribution is 2.47. The number of piperidine rings is 2. The number of carbonyl (C=O) groups is 1. The van der Waals surface area contributed by atoms with E-state index >= 15 is 0 Å². The molecule has 2 aliphatic heterocycles. The highest BCUT2D eigenvalue weighted by Gasteiger charge is 2.51. The van der Waals surface area contributed by atoms with Gasteiger partial charge in [0.1, 0.15) is 12.4 Å². The van der Waals surface area contributed by atoms with Crippen LogP contribution in [0.1, 0.15) is 35.7 Å². The van der Waals surface area contributed by atoms with Gasteiger partial charge in [-0.1, -0.05) is 24.6 Å². The monoisotopic (exact) mass is 432 g/mol. The first kappa shape index (κ1) is 20.5. The van der Waals surface area contributed by atoms with E-state index in [1.807, 2.05) is 30.0 Å². The summed E-state index contributed by atoms with van der Waals surface area (Å²) in [5.41, 5.74) is 2.35. The van der Waals surface area contributed by atoms with Crippen LogP contribution in [0.25, 0.3) is 11.4 Å². The topological polar surface area (TPSA) is 68.2 Å². The number of hydrogen-bond donors (Lipinski definition) is 0. The van der Waals surface area contributed by atoms with Gasteiger partial charge in [0.05, 0.1) is 17.8 Å². The maximum absolute atomic E-state index is 13.9. The lowest BCUT2D eigenvalue weighted by Gasteiger charge is -2.57. The number of rotatable bonds is 5. The van der Waals surface area contributed by atoms with Gasteiger partial charge < -0.3 is 9.64 Å². The fourth-order valence-corrected chi connectivity index (χ4v) is 4.90. The molecule has 0 radical (unpaired) electrons. The van der Waals surface area contributed by atoms with Crippen LogP contribution in [0.5, 0.6) is 5.88 Å². The number of ether oxygens (including phenoxy) is 1. The predicted molar refractivity (Wildman–Crippen MR) is 118 cm³/mol. The van der Waals surface area contributed by atoms with Crippen LogP contribution in [0, 0.1) is 24.6 Å². The Bertz CT molecular complexity index is 1120. The van der Waals surface area contributed by atoms with E-state index in [0.29, 0.717) is 35.7 Å². The molecule has 2 saturated heterocycles. The molecule has 6 nitrogen and oxygen atoms in total. The van der Waals surface area contributed by atoms with Gasteiger partial charge in [0.2, 0.25) is 5.88 Å². The highest BCUT2D eigenvalue weighted by molar-refractivity contribution is 6.01. The van der Waals surface area contributed by atoms with Crippen molar-refractivity contribution in [2.45, 2.75) is 38.8 Å². The van der Waals surface area contributed by atoms with Gasteiger partial charge in [-0.05, 0) is 49.8 Å². The van der Waals surface area contributed by atoms with Crippen molar-refractivity contribution in [2.24, 2.45) is 11.8 Å². The molecule has 1 amide bonds. The number of pyridine rings is 1. The molecule has 2 aromatic heterocycles. The normalized spacial score (nSPS) is 24.0. The van der Waals surface area contributed by atoms with E-state index in [0.717, 1.165) is 30.2 Å². The number of hydrogen-bond acceptors (Lipinski definition) is 5. The second-order valence-corrected chi connectivity index (χ2v) is 8.77. The Labute approximate surface area is 186 Å². The molecule has 0 N–H and O–H groups in total. The van der Waals surface area contributed by atoms with Crippen LogP contribution in [0.3, 0.4) is 0 Å². The maximum atomic E-state index is 13.9. The molecule has 6 rings (SSSR count). The van der Waals surface area contributed by atoms with Gasteiger partial charge in [-0.15, -0.1) is 0 Å². The Morgan fingerprint density at radius 3 is 2.66 bits per heavy atom. The van der Waals surface area contributed by atoms with Gasteiger partial charge in [-0.3, -0.25) is 4.79 Å². The lowest BCUT2D eigenvalue weighted by Crippen LogP contribution is -2.64. The van der Waals surface area contributed by atoms with Gasteiger partial charge in [-0.2, -0.15) is 0 Å². The van der Waals surface area contributed by atoms with Crippen LogP contribution in [-0.4, -0.2) is 44.4 Å². The molecule has 3 aliphatic rings. The molecule has 1 aliphatic carbocycles. The Hall–Kier alpha value is -3.35. The first-order chi connectivity index (χ1) is 15.5. The summed E-state index contributed by atoms with van der Waals surface area (Å²) < 4.78 is 19.1. The third-order valence-corrected chi connectivity index (χ3v) is 6.80. The van der Waals surface area contributed by atoms with E-state index < -0.39 is 5.82 Å². The summed E-state index contributed by atoms with van der Waals surface area (Å²) in [5, 5.41) is 0. The zero-order valence-electron chi connectivity index (χ0n) is 18.1. The molecule has 7 heteroatoms. The lowest BCUT2D eigenvalue weighted by atomic mass is 9.64. The zero-order valence-corrected chi connectivity index (χ0v) is 18.1. The summed E-state index contributed by atoms with van der Waals surface area (Å²) in [5.74, 6) is 1.36. The summed E-state index contributed by atoms with van der Waals surface area (Å²) in [6.45, 7) is 4.48. The van der Waals surface area contributed by atoms with Gasteiger partial charge in [-0.25, -0.2) is 19.3 Å². The number of aromatic nitrogens is 3. The van der Waals surface area contributed by atoms with Crippen LogP contribution in [0.2, 0.25) is 0 Å². The first-order valence-corrected chi connectivity index (χ1v) is 11.0. The van der Waals surface area contributed by atoms with Gasteiger partial charge in [0.25, 0.3) is 5.91 Å². The number of nitrogens with zero attached hydrogens (tertiary/aromatic N) is 4. The minimum absolute atomic E-state index is 0.0215. The van der Waals surface area contributed by atoms with Crippen molar-refractivity contribution < 1.29 is 13.9 Å². The van der Waals surface area contributed by atoms with Crippen LogP contribution in [-0.2, 0) is 0 Å². The molecule has 1 saturated carbocycles. The van der Waals surface area contributed by atoms with Crippen LogP contribution in [0.15, 0.2) is 55.0 Å². The molecule has 0 spiro atoms. The summed E-state index contributed by atoms with van der Waals surface area (Å²) >= 11 is 0. The summed E-state index contributed by atoms with van der Waals surface area (Å²) in [6.07, 6.45) is 6.53. The number of fused-ring (bicyclic) bond motifs is 2. The Balaban J connectivity index is 1.46. The second-order valence-electron chi connectivity index (χ2n) is 8.77. The van der Waals surface area contributed by atoms with E-state index in [1.54, 1.807) is 18.5 Å². The van der Waals surface area contributed by atoms with Crippen LogP contribution in [0.4, 0.5) is 4.39 Å². The summed E-state index contributed by atoms with van der Waals surface area (Å²) in [7, 11) is 0. The number of benzene rings is 1. The molecular weight excluding hydrogens is 407 g/mol. The third kappa shape index (κ3) is 3.72. The quantitative estimate of drug-likeness (QED) is 0.601. The van der Waals surface area contributed by atoms with E-state index in [4.69, 9.17) is 4.74 Å². The number of amides is 1. The highest BCUT2D eigenvalue weighted by atomic mass is 19.1. The molecular formula is C25H25FN4O2. The summed E-state index contributed by atoms with van der Waals surface area (Å²) in [6, 6.07) is 10.5. The SMILES string of the molecule is Cc1ccc(-c2ncccn2)c(C(=O)N2C3CC(C3)[C@@H](C)[C@H]2COc2ccc(F)cn2)c1. The molecule has 32 heavy (non-hydrogen) atoms. The van der Waals surface area contributed by atoms with Crippen molar-refractivity contribution in [3.63, 3.8) is 0 Å². The largest absolute Gasteiger partial charge is 0.475 e. The molecule has 2 bridgehead atoms. The smallest absolute Gasteiger partial charge is 0.255 e. The van der Waals surface area contributed by atoms with Crippen molar-refractivity contribution >= 4 is 5.91 Å². The average molecular weight is 432 g/mol. The first-order valence-electron chi connectivity index (χ1n) is 11.0. The van der Waals surface area contributed by atoms with Gasteiger partial charge in [0, 0.05) is 30.1 Å². The van der Waals surface area contributed by atoms with Crippen molar-refractivity contribution in [2.75, 3.05) is 6.61 Å². The third-order valence-electron chi connectivity index (χ3n) is 6.80. The van der Waals surface area contributed by atoms with Crippen molar-refractivity contribution in [3.8, 4) is 17.3 Å². The van der Waals surface area contributed by atoms with Crippen LogP contribution >= 0.6 is 0 Å². The Morgan fingerprint density at radius 1 is 1.16 bits per heavy atom. The maximum Gasteiger partial charge on any atom is 0.255 e. The van der Waals surface area contributed by atoms with E-state index in [1.165, 1.54) is 12.1 Å². The number of aryl methyl sites for hydroxylation is 1. The molecule has 0 unspecified atom stereocenters.